The molecule has 3 heterocycles. The van der Waals surface area contributed by atoms with Crippen molar-refractivity contribution in [1.82, 2.24) is 34.7 Å². The van der Waals surface area contributed by atoms with E-state index in [1.54, 1.807) is 5.38 Å². The third-order valence-electron chi connectivity index (χ3n) is 4.01. The summed E-state index contributed by atoms with van der Waals surface area (Å²) >= 11 is 5.13. The Balaban J connectivity index is 1.52. The van der Waals surface area contributed by atoms with Crippen LogP contribution in [-0.4, -0.2) is 42.5 Å². The summed E-state index contributed by atoms with van der Waals surface area (Å²) in [6.07, 6.45) is 2.71. The second-order valence-corrected chi connectivity index (χ2v) is 8.09. The molecule has 0 spiro atoms. The van der Waals surface area contributed by atoms with Gasteiger partial charge in [0.1, 0.15) is 10.8 Å². The normalized spacial score (nSPS) is 21.2. The molecule has 0 radical (unpaired) electrons. The Hall–Kier alpha value is -2.74. The number of hydrogen-bond donors (Lipinski definition) is 3. The molecular formula is C15H11ClFN7O3S2. The Labute approximate surface area is 174 Å². The van der Waals surface area contributed by atoms with Crippen LogP contribution in [0.25, 0.3) is 5.69 Å². The Kier molecular flexibility index (Phi) is 5.12. The first-order valence-corrected chi connectivity index (χ1v) is 10.4. The highest BCUT2D eigenvalue weighted by Crippen LogP contribution is 2.27. The first-order valence-electron chi connectivity index (χ1n) is 7.96. The molecule has 3 aromatic rings. The Morgan fingerprint density at radius 1 is 1.45 bits per heavy atom. The first kappa shape index (κ1) is 19.6. The summed E-state index contributed by atoms with van der Waals surface area (Å²) in [6.45, 7) is -0.216. The molecule has 2 atom stereocenters. The van der Waals surface area contributed by atoms with Crippen LogP contribution in [0.3, 0.4) is 0 Å². The van der Waals surface area contributed by atoms with Crippen LogP contribution in [0.4, 0.5) is 4.39 Å². The molecule has 3 N–H and O–H groups in total. The summed E-state index contributed by atoms with van der Waals surface area (Å²) in [6, 6.07) is 3.88. The zero-order chi connectivity index (χ0) is 20.6. The summed E-state index contributed by atoms with van der Waals surface area (Å²) in [7, 11) is 0. The fourth-order valence-corrected chi connectivity index (χ4v) is 4.57. The number of halogens is 2. The summed E-state index contributed by atoms with van der Waals surface area (Å²) < 4.78 is 29.9. The molecule has 4 rings (SSSR count). The Morgan fingerprint density at radius 3 is 2.93 bits per heavy atom. The second-order valence-electron chi connectivity index (χ2n) is 5.84. The highest BCUT2D eigenvalue weighted by atomic mass is 35.5. The lowest BCUT2D eigenvalue weighted by Crippen LogP contribution is -2.52. The number of rotatable bonds is 5. The van der Waals surface area contributed by atoms with Crippen molar-refractivity contribution in [3.63, 3.8) is 0 Å². The molecule has 29 heavy (non-hydrogen) atoms. The van der Waals surface area contributed by atoms with Gasteiger partial charge in [0.2, 0.25) is 0 Å². The van der Waals surface area contributed by atoms with Crippen LogP contribution >= 0.6 is 22.9 Å². The maximum absolute atomic E-state index is 13.3. The van der Waals surface area contributed by atoms with Crippen molar-refractivity contribution >= 4 is 45.9 Å². The van der Waals surface area contributed by atoms with Crippen LogP contribution in [0.15, 0.2) is 36.0 Å². The minimum Gasteiger partial charge on any atom is -0.348 e. The number of nitrogens with zero attached hydrogens (tertiary/aromatic N) is 4. The van der Waals surface area contributed by atoms with E-state index in [-0.39, 0.29) is 17.3 Å². The van der Waals surface area contributed by atoms with Gasteiger partial charge in [-0.25, -0.2) is 13.6 Å². The average molecular weight is 456 g/mol. The molecule has 1 aliphatic rings. The number of aromatic nitrogens is 4. The third kappa shape index (κ3) is 3.64. The Bertz CT molecular complexity index is 1120. The highest BCUT2D eigenvalue weighted by molar-refractivity contribution is 7.82. The molecule has 1 fully saturated rings. The SMILES string of the molecule is O=C(NCC1(c2nccs2)NS(=O)NC1=O)c1cnn(-c2ccc(F)c(Cl)c2)n1. The third-order valence-corrected chi connectivity index (χ3v) is 6.14. The number of carbonyl (C=O) groups is 2. The van der Waals surface area contributed by atoms with Crippen LogP contribution in [0, 0.1) is 5.82 Å². The van der Waals surface area contributed by atoms with Crippen LogP contribution in [0.1, 0.15) is 15.5 Å². The van der Waals surface area contributed by atoms with E-state index in [1.165, 1.54) is 35.9 Å². The molecule has 10 nitrogen and oxygen atoms in total. The smallest absolute Gasteiger partial charge is 0.273 e. The quantitative estimate of drug-likeness (QED) is 0.511. The molecule has 150 valence electrons. The van der Waals surface area contributed by atoms with Crippen molar-refractivity contribution in [1.29, 1.82) is 0 Å². The van der Waals surface area contributed by atoms with Gasteiger partial charge in [0.15, 0.2) is 22.4 Å². The molecule has 2 aromatic heterocycles. The summed E-state index contributed by atoms with van der Waals surface area (Å²) in [5, 5.41) is 12.5. The predicted octanol–water partition coefficient (Wildman–Crippen LogP) is 0.440. The summed E-state index contributed by atoms with van der Waals surface area (Å²) in [5.41, 5.74) is -1.14. The topological polar surface area (TPSA) is 131 Å². The minimum atomic E-state index is -1.80. The van der Waals surface area contributed by atoms with Gasteiger partial charge >= 0.3 is 0 Å². The first-order chi connectivity index (χ1) is 13.9. The van der Waals surface area contributed by atoms with Gasteiger partial charge in [0, 0.05) is 11.6 Å². The van der Waals surface area contributed by atoms with Crippen molar-refractivity contribution in [2.45, 2.75) is 5.54 Å². The lowest BCUT2D eigenvalue weighted by atomic mass is 10.0. The number of amides is 2. The van der Waals surface area contributed by atoms with Crippen LogP contribution in [0.2, 0.25) is 5.02 Å². The molecule has 2 unspecified atom stereocenters. The van der Waals surface area contributed by atoms with Crippen molar-refractivity contribution in [3.8, 4) is 5.69 Å². The number of nitrogens with one attached hydrogen (secondary N) is 3. The van der Waals surface area contributed by atoms with Crippen LogP contribution in [-0.2, 0) is 21.5 Å². The summed E-state index contributed by atoms with van der Waals surface area (Å²) in [4.78, 5) is 30.1. The van der Waals surface area contributed by atoms with Crippen molar-refractivity contribution in [3.05, 3.63) is 57.5 Å². The largest absolute Gasteiger partial charge is 0.348 e. The molecule has 0 aliphatic carbocycles. The van der Waals surface area contributed by atoms with E-state index in [2.05, 4.69) is 29.9 Å². The molecule has 0 saturated carbocycles. The zero-order valence-corrected chi connectivity index (χ0v) is 16.6. The minimum absolute atomic E-state index is 0.0423. The number of benzene rings is 1. The second kappa shape index (κ2) is 7.59. The van der Waals surface area contributed by atoms with Crippen molar-refractivity contribution in [2.75, 3.05) is 6.54 Å². The zero-order valence-electron chi connectivity index (χ0n) is 14.3. The molecular weight excluding hydrogens is 445 g/mol. The van der Waals surface area contributed by atoms with Gasteiger partial charge in [-0.2, -0.15) is 14.6 Å². The van der Waals surface area contributed by atoms with E-state index in [0.29, 0.717) is 10.7 Å². The number of thiazole rings is 1. The monoisotopic (exact) mass is 455 g/mol. The van der Waals surface area contributed by atoms with Crippen LogP contribution in [0.5, 0.6) is 0 Å². The fourth-order valence-electron chi connectivity index (χ4n) is 2.57. The van der Waals surface area contributed by atoms with Gasteiger partial charge in [-0.15, -0.1) is 16.4 Å². The fraction of sp³-hybridized carbons (Fsp3) is 0.133. The van der Waals surface area contributed by atoms with Gasteiger partial charge in [0.05, 0.1) is 23.5 Å². The van der Waals surface area contributed by atoms with Crippen molar-refractivity contribution in [2.24, 2.45) is 0 Å². The summed E-state index contributed by atoms with van der Waals surface area (Å²) in [5.74, 6) is -1.78. The number of hydrogen-bond acceptors (Lipinski definition) is 7. The lowest BCUT2D eigenvalue weighted by Gasteiger charge is -2.22. The number of carbonyl (C=O) groups excluding carboxylic acids is 2. The van der Waals surface area contributed by atoms with Gasteiger partial charge < -0.3 is 5.32 Å². The molecule has 0 bridgehead atoms. The highest BCUT2D eigenvalue weighted by Gasteiger charge is 2.50. The van der Waals surface area contributed by atoms with E-state index in [4.69, 9.17) is 11.6 Å². The molecule has 1 aromatic carbocycles. The molecule has 1 saturated heterocycles. The van der Waals surface area contributed by atoms with E-state index in [0.717, 1.165) is 10.9 Å². The van der Waals surface area contributed by atoms with Crippen molar-refractivity contribution < 1.29 is 18.2 Å². The lowest BCUT2D eigenvalue weighted by molar-refractivity contribution is -0.124. The average Bonchev–Trinajstić information content (AvgIpc) is 3.43. The van der Waals surface area contributed by atoms with Gasteiger partial charge in [-0.1, -0.05) is 11.6 Å². The standard InChI is InChI=1S/C15H11ClFN7O3S2/c16-9-5-8(1-2-10(9)17)24-20-6-11(21-24)12(25)19-7-15(14-18-3-4-28-14)13(26)22-29(27)23-15/h1-6,23H,7H2,(H,19,25)(H,22,26). The van der Waals surface area contributed by atoms with Crippen LogP contribution < -0.4 is 14.8 Å². The molecule has 2 amide bonds. The molecule has 14 heteroatoms. The van der Waals surface area contributed by atoms with Gasteiger partial charge in [-0.05, 0) is 18.2 Å². The Morgan fingerprint density at radius 2 is 2.28 bits per heavy atom. The van der Waals surface area contributed by atoms with E-state index < -0.39 is 34.3 Å². The van der Waals surface area contributed by atoms with E-state index in [9.17, 15) is 18.2 Å². The maximum Gasteiger partial charge on any atom is 0.273 e. The van der Waals surface area contributed by atoms with E-state index in [1.807, 2.05) is 0 Å². The van der Waals surface area contributed by atoms with Gasteiger partial charge in [0.25, 0.3) is 11.8 Å². The van der Waals surface area contributed by atoms with Gasteiger partial charge in [-0.3, -0.25) is 14.3 Å². The predicted molar refractivity (Wildman–Crippen MR) is 102 cm³/mol. The molecule has 1 aliphatic heterocycles. The van der Waals surface area contributed by atoms with E-state index >= 15 is 0 Å². The maximum atomic E-state index is 13.3.